The van der Waals surface area contributed by atoms with Crippen LogP contribution in [0.1, 0.15) is 30.8 Å². The SMILES string of the molecule is CCCn1ccnc1C(NN)c1cccc(Br)c1Cl. The highest BCUT2D eigenvalue weighted by Crippen LogP contribution is 2.32. The minimum absolute atomic E-state index is 0.230. The largest absolute Gasteiger partial charge is 0.333 e. The van der Waals surface area contributed by atoms with Crippen LogP contribution in [-0.4, -0.2) is 9.55 Å². The van der Waals surface area contributed by atoms with E-state index >= 15 is 0 Å². The summed E-state index contributed by atoms with van der Waals surface area (Å²) in [5.74, 6) is 6.57. The minimum Gasteiger partial charge on any atom is -0.333 e. The maximum absolute atomic E-state index is 6.33. The molecule has 0 spiro atoms. The van der Waals surface area contributed by atoms with Crippen LogP contribution in [0.2, 0.25) is 5.02 Å². The zero-order valence-electron chi connectivity index (χ0n) is 10.6. The molecular formula is C13H16BrClN4. The highest BCUT2D eigenvalue weighted by Gasteiger charge is 2.21. The normalized spacial score (nSPS) is 12.6. The second-order valence-electron chi connectivity index (χ2n) is 4.22. The van der Waals surface area contributed by atoms with E-state index in [9.17, 15) is 0 Å². The Hall–Kier alpha value is -0.880. The highest BCUT2D eigenvalue weighted by molar-refractivity contribution is 9.10. The van der Waals surface area contributed by atoms with Gasteiger partial charge in [0, 0.05) is 23.4 Å². The van der Waals surface area contributed by atoms with Crippen molar-refractivity contribution in [3.8, 4) is 0 Å². The van der Waals surface area contributed by atoms with Crippen LogP contribution < -0.4 is 11.3 Å². The average Bonchev–Trinajstić information content (AvgIpc) is 2.84. The van der Waals surface area contributed by atoms with Crippen molar-refractivity contribution in [2.45, 2.75) is 25.9 Å². The van der Waals surface area contributed by atoms with Gasteiger partial charge in [0.05, 0.1) is 5.02 Å². The predicted octanol–water partition coefficient (Wildman–Crippen LogP) is 3.26. The number of benzene rings is 1. The van der Waals surface area contributed by atoms with E-state index in [1.165, 1.54) is 0 Å². The van der Waals surface area contributed by atoms with E-state index in [0.717, 1.165) is 28.8 Å². The van der Waals surface area contributed by atoms with Gasteiger partial charge >= 0.3 is 0 Å². The molecule has 0 amide bonds. The van der Waals surface area contributed by atoms with Gasteiger partial charge in [0.15, 0.2) is 0 Å². The third-order valence-electron chi connectivity index (χ3n) is 2.93. The second kappa shape index (κ2) is 6.52. The van der Waals surface area contributed by atoms with Crippen molar-refractivity contribution in [1.29, 1.82) is 0 Å². The third-order valence-corrected chi connectivity index (χ3v) is 4.24. The molecule has 0 saturated carbocycles. The van der Waals surface area contributed by atoms with Gasteiger partial charge in [-0.3, -0.25) is 5.84 Å². The Kier molecular flexibility index (Phi) is 4.99. The number of rotatable bonds is 5. The molecule has 19 heavy (non-hydrogen) atoms. The summed E-state index contributed by atoms with van der Waals surface area (Å²) in [6.45, 7) is 3.03. The lowest BCUT2D eigenvalue weighted by Crippen LogP contribution is -2.31. The van der Waals surface area contributed by atoms with Crippen molar-refractivity contribution in [1.82, 2.24) is 15.0 Å². The molecule has 4 nitrogen and oxygen atoms in total. The minimum atomic E-state index is -0.230. The topological polar surface area (TPSA) is 55.9 Å². The van der Waals surface area contributed by atoms with Crippen LogP contribution in [0.25, 0.3) is 0 Å². The number of aromatic nitrogens is 2. The van der Waals surface area contributed by atoms with Crippen molar-refractivity contribution >= 4 is 27.5 Å². The first kappa shape index (κ1) is 14.5. The van der Waals surface area contributed by atoms with E-state index in [1.54, 1.807) is 6.20 Å². The Morgan fingerprint density at radius 3 is 3.00 bits per heavy atom. The van der Waals surface area contributed by atoms with Crippen LogP contribution in [0, 0.1) is 0 Å². The summed E-state index contributed by atoms with van der Waals surface area (Å²) in [5.41, 5.74) is 3.70. The van der Waals surface area contributed by atoms with Gasteiger partial charge in [-0.15, -0.1) is 0 Å². The van der Waals surface area contributed by atoms with E-state index in [1.807, 2.05) is 24.4 Å². The average molecular weight is 344 g/mol. The zero-order valence-corrected chi connectivity index (χ0v) is 12.9. The zero-order chi connectivity index (χ0) is 13.8. The molecule has 0 saturated heterocycles. The van der Waals surface area contributed by atoms with Crippen LogP contribution in [0.5, 0.6) is 0 Å². The summed E-state index contributed by atoms with van der Waals surface area (Å²) in [7, 11) is 0. The maximum Gasteiger partial charge on any atom is 0.131 e. The molecule has 1 atom stereocenters. The lowest BCUT2D eigenvalue weighted by Gasteiger charge is -2.19. The summed E-state index contributed by atoms with van der Waals surface area (Å²) in [6, 6.07) is 5.55. The van der Waals surface area contributed by atoms with Crippen molar-refractivity contribution in [2.24, 2.45) is 5.84 Å². The number of imidazole rings is 1. The molecule has 0 fully saturated rings. The molecule has 1 aromatic carbocycles. The van der Waals surface area contributed by atoms with Crippen molar-refractivity contribution in [3.05, 3.63) is 51.5 Å². The molecule has 0 aliphatic heterocycles. The number of aryl methyl sites for hydroxylation is 1. The maximum atomic E-state index is 6.33. The smallest absolute Gasteiger partial charge is 0.131 e. The first-order valence-corrected chi connectivity index (χ1v) is 7.27. The van der Waals surface area contributed by atoms with E-state index in [4.69, 9.17) is 17.4 Å². The molecule has 6 heteroatoms. The molecule has 0 aliphatic carbocycles. The molecule has 2 aromatic rings. The van der Waals surface area contributed by atoms with Gasteiger partial charge in [0.2, 0.25) is 0 Å². The number of halogens is 2. The predicted molar refractivity (Wildman–Crippen MR) is 80.8 cm³/mol. The van der Waals surface area contributed by atoms with Crippen molar-refractivity contribution in [2.75, 3.05) is 0 Å². The first-order valence-electron chi connectivity index (χ1n) is 6.10. The van der Waals surface area contributed by atoms with Gasteiger partial charge in [-0.2, -0.15) is 0 Å². The Morgan fingerprint density at radius 2 is 2.32 bits per heavy atom. The van der Waals surface area contributed by atoms with Crippen molar-refractivity contribution < 1.29 is 0 Å². The van der Waals surface area contributed by atoms with E-state index in [-0.39, 0.29) is 6.04 Å². The summed E-state index contributed by atoms with van der Waals surface area (Å²) in [4.78, 5) is 4.40. The van der Waals surface area contributed by atoms with E-state index in [0.29, 0.717) is 5.02 Å². The summed E-state index contributed by atoms with van der Waals surface area (Å²) in [6.07, 6.45) is 4.77. The molecule has 0 radical (unpaired) electrons. The molecule has 1 heterocycles. The fraction of sp³-hybridized carbons (Fsp3) is 0.308. The summed E-state index contributed by atoms with van der Waals surface area (Å²) in [5, 5.41) is 0.650. The highest BCUT2D eigenvalue weighted by atomic mass is 79.9. The first-order chi connectivity index (χ1) is 9.19. The van der Waals surface area contributed by atoms with Gasteiger partial charge in [-0.25, -0.2) is 10.4 Å². The molecule has 1 unspecified atom stereocenters. The van der Waals surface area contributed by atoms with Gasteiger partial charge < -0.3 is 4.57 Å². The van der Waals surface area contributed by atoms with Gasteiger partial charge in [0.25, 0.3) is 0 Å². The Labute approximate surface area is 126 Å². The molecule has 1 aromatic heterocycles. The lowest BCUT2D eigenvalue weighted by atomic mass is 10.1. The lowest BCUT2D eigenvalue weighted by molar-refractivity contribution is 0.545. The molecule has 3 N–H and O–H groups in total. The summed E-state index contributed by atoms with van der Waals surface area (Å²) < 4.78 is 2.93. The van der Waals surface area contributed by atoms with E-state index in [2.05, 4.69) is 37.8 Å². The Balaban J connectivity index is 2.44. The molecular weight excluding hydrogens is 328 g/mol. The number of nitrogens with one attached hydrogen (secondary N) is 1. The molecule has 0 aliphatic rings. The van der Waals surface area contributed by atoms with Gasteiger partial charge in [0.1, 0.15) is 11.9 Å². The standard InChI is InChI=1S/C13H16BrClN4/c1-2-7-19-8-6-17-13(19)12(18-16)9-4-3-5-10(14)11(9)15/h3-6,8,12,18H,2,7,16H2,1H3. The number of nitrogens with zero attached hydrogens (tertiary/aromatic N) is 2. The van der Waals surface area contributed by atoms with Gasteiger partial charge in [-0.05, 0) is 34.0 Å². The summed E-state index contributed by atoms with van der Waals surface area (Å²) >= 11 is 9.76. The van der Waals surface area contributed by atoms with Crippen LogP contribution in [0.4, 0.5) is 0 Å². The van der Waals surface area contributed by atoms with Crippen LogP contribution in [-0.2, 0) is 6.54 Å². The Morgan fingerprint density at radius 1 is 1.53 bits per heavy atom. The monoisotopic (exact) mass is 342 g/mol. The molecule has 102 valence electrons. The van der Waals surface area contributed by atoms with E-state index < -0.39 is 0 Å². The quantitative estimate of drug-likeness (QED) is 0.647. The number of nitrogens with two attached hydrogens (primary N) is 1. The third kappa shape index (κ3) is 3.00. The number of hydrogen-bond donors (Lipinski definition) is 2. The van der Waals surface area contributed by atoms with Crippen LogP contribution in [0.15, 0.2) is 35.1 Å². The van der Waals surface area contributed by atoms with Crippen LogP contribution >= 0.6 is 27.5 Å². The number of hydrazine groups is 1. The molecule has 0 bridgehead atoms. The second-order valence-corrected chi connectivity index (χ2v) is 5.45. The fourth-order valence-corrected chi connectivity index (χ4v) is 2.67. The van der Waals surface area contributed by atoms with Gasteiger partial charge in [-0.1, -0.05) is 30.7 Å². The van der Waals surface area contributed by atoms with Crippen molar-refractivity contribution in [3.63, 3.8) is 0 Å². The number of hydrogen-bond acceptors (Lipinski definition) is 3. The fourth-order valence-electron chi connectivity index (χ4n) is 2.06. The van der Waals surface area contributed by atoms with Crippen LogP contribution in [0.3, 0.4) is 0 Å². The molecule has 2 rings (SSSR count). The Bertz CT molecular complexity index is 555.